The molecule has 0 aromatic heterocycles. The second-order valence-corrected chi connectivity index (χ2v) is 3.95. The summed E-state index contributed by atoms with van der Waals surface area (Å²) in [5, 5.41) is 3.58. The van der Waals surface area contributed by atoms with Crippen molar-refractivity contribution in [1.82, 2.24) is 0 Å². The van der Waals surface area contributed by atoms with Gasteiger partial charge in [0.15, 0.2) is 0 Å². The van der Waals surface area contributed by atoms with Crippen LogP contribution in [0.3, 0.4) is 0 Å². The van der Waals surface area contributed by atoms with Crippen LogP contribution < -0.4 is 0 Å². The SMILES string of the molecule is COC(CN=[N+]=[N-])c1c(C)cc(C)cc1C. The van der Waals surface area contributed by atoms with Crippen LogP contribution in [0.5, 0.6) is 0 Å². The number of ether oxygens (including phenoxy) is 1. The zero-order chi connectivity index (χ0) is 12.1. The van der Waals surface area contributed by atoms with Gasteiger partial charge >= 0.3 is 0 Å². The van der Waals surface area contributed by atoms with E-state index in [4.69, 9.17) is 10.3 Å². The fraction of sp³-hybridized carbons (Fsp3) is 0.500. The standard InChI is InChI=1S/C12H17N3O/c1-8-5-9(2)12(10(3)6-8)11(16-4)7-14-15-13/h5-6,11H,7H2,1-4H3. The Balaban J connectivity index is 3.13. The first-order valence-electron chi connectivity index (χ1n) is 5.21. The molecular weight excluding hydrogens is 202 g/mol. The summed E-state index contributed by atoms with van der Waals surface area (Å²) in [4.78, 5) is 2.77. The first-order chi connectivity index (χ1) is 7.60. The minimum absolute atomic E-state index is 0.156. The van der Waals surface area contributed by atoms with Crippen LogP contribution >= 0.6 is 0 Å². The molecule has 0 amide bonds. The van der Waals surface area contributed by atoms with Crippen molar-refractivity contribution in [3.8, 4) is 0 Å². The quantitative estimate of drug-likeness (QED) is 0.433. The van der Waals surface area contributed by atoms with Crippen molar-refractivity contribution in [2.75, 3.05) is 13.7 Å². The van der Waals surface area contributed by atoms with E-state index >= 15 is 0 Å². The molecular formula is C12H17N3O. The Hall–Kier alpha value is -1.51. The average Bonchev–Trinajstić information content (AvgIpc) is 2.21. The van der Waals surface area contributed by atoms with Crippen LogP contribution in [-0.4, -0.2) is 13.7 Å². The molecule has 0 aliphatic carbocycles. The Morgan fingerprint density at radius 3 is 2.31 bits per heavy atom. The minimum Gasteiger partial charge on any atom is -0.377 e. The summed E-state index contributed by atoms with van der Waals surface area (Å²) in [7, 11) is 1.64. The number of hydrogen-bond acceptors (Lipinski definition) is 2. The maximum absolute atomic E-state index is 8.34. The molecule has 0 fully saturated rings. The largest absolute Gasteiger partial charge is 0.377 e. The van der Waals surface area contributed by atoms with E-state index in [1.165, 1.54) is 16.7 Å². The first-order valence-corrected chi connectivity index (χ1v) is 5.21. The van der Waals surface area contributed by atoms with Crippen molar-refractivity contribution in [3.63, 3.8) is 0 Å². The van der Waals surface area contributed by atoms with Crippen LogP contribution in [0.25, 0.3) is 10.4 Å². The molecule has 0 aliphatic rings. The van der Waals surface area contributed by atoms with Gasteiger partial charge in [0.2, 0.25) is 0 Å². The number of hydrogen-bond donors (Lipinski definition) is 0. The van der Waals surface area contributed by atoms with Crippen LogP contribution in [0.15, 0.2) is 17.2 Å². The van der Waals surface area contributed by atoms with Crippen LogP contribution in [0.2, 0.25) is 0 Å². The number of aryl methyl sites for hydroxylation is 3. The Labute approximate surface area is 95.9 Å². The summed E-state index contributed by atoms with van der Waals surface area (Å²) < 4.78 is 5.38. The average molecular weight is 219 g/mol. The molecule has 0 aliphatic heterocycles. The highest BCUT2D eigenvalue weighted by Crippen LogP contribution is 2.26. The van der Waals surface area contributed by atoms with Gasteiger partial charge in [0.25, 0.3) is 0 Å². The second-order valence-electron chi connectivity index (χ2n) is 3.95. The zero-order valence-corrected chi connectivity index (χ0v) is 10.2. The molecule has 0 spiro atoms. The highest BCUT2D eigenvalue weighted by molar-refractivity contribution is 5.39. The lowest BCUT2D eigenvalue weighted by molar-refractivity contribution is 0.109. The first kappa shape index (κ1) is 12.6. The lowest BCUT2D eigenvalue weighted by Crippen LogP contribution is -2.09. The van der Waals surface area contributed by atoms with Crippen LogP contribution in [0.1, 0.15) is 28.4 Å². The van der Waals surface area contributed by atoms with E-state index in [-0.39, 0.29) is 6.10 Å². The van der Waals surface area contributed by atoms with Crippen molar-refractivity contribution < 1.29 is 4.74 Å². The zero-order valence-electron chi connectivity index (χ0n) is 10.2. The Bertz CT molecular complexity index is 399. The third-order valence-corrected chi connectivity index (χ3v) is 2.66. The number of rotatable bonds is 4. The normalized spacial score (nSPS) is 12.0. The van der Waals surface area contributed by atoms with Crippen molar-refractivity contribution in [3.05, 3.63) is 44.8 Å². The van der Waals surface area contributed by atoms with Gasteiger partial charge < -0.3 is 4.74 Å². The molecule has 4 nitrogen and oxygen atoms in total. The summed E-state index contributed by atoms with van der Waals surface area (Å²) in [5.74, 6) is 0. The molecule has 0 heterocycles. The van der Waals surface area contributed by atoms with E-state index in [0.717, 1.165) is 5.56 Å². The number of methoxy groups -OCH3 is 1. The van der Waals surface area contributed by atoms with Gasteiger partial charge in [-0.25, -0.2) is 0 Å². The molecule has 86 valence electrons. The molecule has 1 atom stereocenters. The van der Waals surface area contributed by atoms with Crippen molar-refractivity contribution >= 4 is 0 Å². The molecule has 16 heavy (non-hydrogen) atoms. The van der Waals surface area contributed by atoms with Gasteiger partial charge in [-0.3, -0.25) is 0 Å². The third kappa shape index (κ3) is 2.75. The molecule has 0 bridgehead atoms. The summed E-state index contributed by atoms with van der Waals surface area (Å²) in [5.41, 5.74) is 13.1. The number of azide groups is 1. The smallest absolute Gasteiger partial charge is 0.0882 e. The Morgan fingerprint density at radius 1 is 1.31 bits per heavy atom. The lowest BCUT2D eigenvalue weighted by atomic mass is 9.95. The molecule has 1 aromatic rings. The topological polar surface area (TPSA) is 58.0 Å². The van der Waals surface area contributed by atoms with Gasteiger partial charge in [-0.2, -0.15) is 0 Å². The second kappa shape index (κ2) is 5.54. The Kier molecular flexibility index (Phi) is 4.35. The lowest BCUT2D eigenvalue weighted by Gasteiger charge is -2.19. The van der Waals surface area contributed by atoms with Gasteiger partial charge in [0.1, 0.15) is 0 Å². The molecule has 0 saturated heterocycles. The predicted molar refractivity (Wildman–Crippen MR) is 64.4 cm³/mol. The molecule has 1 rings (SSSR count). The fourth-order valence-electron chi connectivity index (χ4n) is 2.09. The van der Waals surface area contributed by atoms with Crippen molar-refractivity contribution in [1.29, 1.82) is 0 Å². The monoisotopic (exact) mass is 219 g/mol. The van der Waals surface area contributed by atoms with Gasteiger partial charge in [0.05, 0.1) is 12.6 Å². The molecule has 4 heteroatoms. The minimum atomic E-state index is -0.156. The van der Waals surface area contributed by atoms with Gasteiger partial charge in [-0.1, -0.05) is 22.8 Å². The Morgan fingerprint density at radius 2 is 1.88 bits per heavy atom. The highest BCUT2D eigenvalue weighted by atomic mass is 16.5. The van der Waals surface area contributed by atoms with Gasteiger partial charge in [-0.15, -0.1) is 0 Å². The van der Waals surface area contributed by atoms with E-state index in [1.807, 2.05) is 0 Å². The van der Waals surface area contributed by atoms with E-state index in [9.17, 15) is 0 Å². The van der Waals surface area contributed by atoms with E-state index in [0.29, 0.717) is 6.54 Å². The van der Waals surface area contributed by atoms with Crippen LogP contribution in [0, 0.1) is 20.8 Å². The summed E-state index contributed by atoms with van der Waals surface area (Å²) in [6, 6.07) is 4.23. The van der Waals surface area contributed by atoms with E-state index < -0.39 is 0 Å². The van der Waals surface area contributed by atoms with Crippen LogP contribution in [-0.2, 0) is 4.74 Å². The van der Waals surface area contributed by atoms with Crippen molar-refractivity contribution in [2.24, 2.45) is 5.11 Å². The fourth-order valence-corrected chi connectivity index (χ4v) is 2.09. The van der Waals surface area contributed by atoms with Crippen LogP contribution in [0.4, 0.5) is 0 Å². The maximum Gasteiger partial charge on any atom is 0.0882 e. The molecule has 1 unspecified atom stereocenters. The summed E-state index contributed by atoms with van der Waals surface area (Å²) in [6.45, 7) is 6.51. The van der Waals surface area contributed by atoms with Gasteiger partial charge in [0, 0.05) is 12.0 Å². The number of benzene rings is 1. The molecule has 0 saturated carbocycles. The molecule has 0 radical (unpaired) electrons. The summed E-state index contributed by atoms with van der Waals surface area (Å²) in [6.07, 6.45) is -0.156. The molecule has 0 N–H and O–H groups in total. The number of nitrogens with zero attached hydrogens (tertiary/aromatic N) is 3. The predicted octanol–water partition coefficient (Wildman–Crippen LogP) is 3.61. The van der Waals surface area contributed by atoms with Crippen molar-refractivity contribution in [2.45, 2.75) is 26.9 Å². The maximum atomic E-state index is 8.34. The van der Waals surface area contributed by atoms with Gasteiger partial charge in [-0.05, 0) is 43.0 Å². The highest BCUT2D eigenvalue weighted by Gasteiger charge is 2.14. The van der Waals surface area contributed by atoms with E-state index in [2.05, 4.69) is 42.9 Å². The third-order valence-electron chi connectivity index (χ3n) is 2.66. The van der Waals surface area contributed by atoms with E-state index in [1.54, 1.807) is 7.11 Å². The molecule has 1 aromatic carbocycles. The summed E-state index contributed by atoms with van der Waals surface area (Å²) >= 11 is 0.